The van der Waals surface area contributed by atoms with Gasteiger partial charge in [0.2, 0.25) is 5.89 Å². The van der Waals surface area contributed by atoms with Crippen LogP contribution in [-0.2, 0) is 0 Å². The number of thiazole rings is 1. The Labute approximate surface area is 164 Å². The van der Waals surface area contributed by atoms with Gasteiger partial charge >= 0.3 is 0 Å². The number of aromatic nitrogens is 2. The van der Waals surface area contributed by atoms with Crippen molar-refractivity contribution in [3.05, 3.63) is 76.3 Å². The summed E-state index contributed by atoms with van der Waals surface area (Å²) >= 11 is 12.7. The highest BCUT2D eigenvalue weighted by molar-refractivity contribution is 7.84. The van der Waals surface area contributed by atoms with Gasteiger partial charge in [-0.05, 0) is 18.2 Å². The molecule has 0 saturated heterocycles. The van der Waals surface area contributed by atoms with Crippen LogP contribution in [0.5, 0.6) is 0 Å². The van der Waals surface area contributed by atoms with E-state index in [9.17, 15) is 0 Å². The highest BCUT2D eigenvalue weighted by atomic mass is 32.1. The van der Waals surface area contributed by atoms with Crippen LogP contribution < -0.4 is 0 Å². The number of allylic oxidation sites excluding steroid dienone is 1. The van der Waals surface area contributed by atoms with Gasteiger partial charge in [0.25, 0.3) is 5.71 Å². The Kier molecular flexibility index (Phi) is 3.63. The molecule has 0 bridgehead atoms. The number of thiocarbonyl (C=S) groups is 2. The molecule has 0 atom stereocenters. The predicted octanol–water partition coefficient (Wildman–Crippen LogP) is 5.48. The molecule has 0 radical (unpaired) electrons. The molecule has 124 valence electrons. The summed E-state index contributed by atoms with van der Waals surface area (Å²) in [6, 6.07) is 17.8. The molecular formula is C20H10N2OS3. The van der Waals surface area contributed by atoms with E-state index in [1.54, 1.807) is 0 Å². The van der Waals surface area contributed by atoms with Gasteiger partial charge in [-0.1, -0.05) is 78.2 Å². The van der Waals surface area contributed by atoms with Crippen LogP contribution in [0.15, 0.2) is 64.6 Å². The van der Waals surface area contributed by atoms with Gasteiger partial charge in [0.15, 0.2) is 4.83 Å². The standard InChI is InChI=1S/C20H10N2OS3/c24-16-12-8-4-5-9-13(12)17(25)14(16)10-15-21-19-20(26-15)22-18(23-19)11-6-2-1-3-7-11/h1-10H. The van der Waals surface area contributed by atoms with Crippen molar-refractivity contribution in [3.63, 3.8) is 0 Å². The Morgan fingerprint density at radius 2 is 1.50 bits per heavy atom. The lowest BCUT2D eigenvalue weighted by Crippen LogP contribution is -1.97. The first-order chi connectivity index (χ1) is 12.7. The lowest BCUT2D eigenvalue weighted by Gasteiger charge is -1.96. The highest BCUT2D eigenvalue weighted by Crippen LogP contribution is 2.32. The Balaban J connectivity index is 1.53. The number of rotatable bonds is 2. The van der Waals surface area contributed by atoms with E-state index in [0.717, 1.165) is 41.8 Å². The lowest BCUT2D eigenvalue weighted by atomic mass is 10.1. The smallest absolute Gasteiger partial charge is 0.259 e. The van der Waals surface area contributed by atoms with E-state index in [1.165, 1.54) is 11.3 Å². The van der Waals surface area contributed by atoms with Crippen molar-refractivity contribution < 1.29 is 4.42 Å². The van der Waals surface area contributed by atoms with Crippen molar-refractivity contribution in [1.82, 2.24) is 9.97 Å². The first-order valence-corrected chi connectivity index (χ1v) is 9.57. The Morgan fingerprint density at radius 3 is 2.15 bits per heavy atom. The lowest BCUT2D eigenvalue weighted by molar-refractivity contribution is 0.608. The van der Waals surface area contributed by atoms with Gasteiger partial charge in [0.05, 0.1) is 9.73 Å². The van der Waals surface area contributed by atoms with Gasteiger partial charge < -0.3 is 4.42 Å². The zero-order valence-electron chi connectivity index (χ0n) is 13.3. The molecule has 6 heteroatoms. The SMILES string of the molecule is S=C1C(=Cc2nc3oc(-c4ccccc4)nc3s2)C(=S)c2ccccc21. The van der Waals surface area contributed by atoms with Crippen molar-refractivity contribution in [2.45, 2.75) is 0 Å². The molecule has 4 aromatic rings. The third-order valence-electron chi connectivity index (χ3n) is 4.19. The van der Waals surface area contributed by atoms with Crippen molar-refractivity contribution >= 4 is 62.1 Å². The normalized spacial score (nSPS) is 13.5. The molecule has 0 aliphatic heterocycles. The van der Waals surface area contributed by atoms with Crippen molar-refractivity contribution in [2.75, 3.05) is 0 Å². The molecular weight excluding hydrogens is 380 g/mol. The van der Waals surface area contributed by atoms with Gasteiger partial charge in [0.1, 0.15) is 5.01 Å². The van der Waals surface area contributed by atoms with E-state index < -0.39 is 0 Å². The molecule has 26 heavy (non-hydrogen) atoms. The summed E-state index contributed by atoms with van der Waals surface area (Å²) in [6.45, 7) is 0. The van der Waals surface area contributed by atoms with Gasteiger partial charge in [0, 0.05) is 22.3 Å². The fourth-order valence-corrected chi connectivity index (χ4v) is 4.50. The summed E-state index contributed by atoms with van der Waals surface area (Å²) in [7, 11) is 0. The molecule has 2 heterocycles. The fraction of sp³-hybridized carbons (Fsp3) is 0. The quantitative estimate of drug-likeness (QED) is 0.334. The van der Waals surface area contributed by atoms with Gasteiger partial charge in [-0.25, -0.2) is 0 Å². The zero-order valence-corrected chi connectivity index (χ0v) is 15.8. The van der Waals surface area contributed by atoms with Crippen molar-refractivity contribution in [2.24, 2.45) is 0 Å². The number of hydrogen-bond acceptors (Lipinski definition) is 6. The molecule has 5 rings (SSSR count). The zero-order chi connectivity index (χ0) is 17.7. The van der Waals surface area contributed by atoms with Crippen LogP contribution >= 0.6 is 35.8 Å². The summed E-state index contributed by atoms with van der Waals surface area (Å²) in [5.74, 6) is 0.581. The van der Waals surface area contributed by atoms with Crippen LogP contribution in [0, 0.1) is 0 Å². The minimum atomic E-state index is 0.535. The van der Waals surface area contributed by atoms with Gasteiger partial charge in [-0.3, -0.25) is 0 Å². The molecule has 0 N–H and O–H groups in total. The second-order valence-electron chi connectivity index (χ2n) is 5.81. The van der Waals surface area contributed by atoms with E-state index in [0.29, 0.717) is 11.6 Å². The van der Waals surface area contributed by atoms with Crippen molar-refractivity contribution in [3.8, 4) is 11.5 Å². The Morgan fingerprint density at radius 1 is 0.846 bits per heavy atom. The molecule has 0 amide bonds. The summed E-state index contributed by atoms with van der Waals surface area (Å²) in [5, 5.41) is 0.790. The number of oxazole rings is 1. The van der Waals surface area contributed by atoms with E-state index in [4.69, 9.17) is 28.9 Å². The predicted molar refractivity (Wildman–Crippen MR) is 113 cm³/mol. The maximum atomic E-state index is 5.81. The molecule has 2 aromatic heterocycles. The van der Waals surface area contributed by atoms with Crippen LogP contribution in [0.1, 0.15) is 16.1 Å². The summed E-state index contributed by atoms with van der Waals surface area (Å²) in [6.07, 6.45) is 1.94. The van der Waals surface area contributed by atoms with Crippen LogP contribution in [0.4, 0.5) is 0 Å². The van der Waals surface area contributed by atoms with E-state index in [1.807, 2.05) is 60.7 Å². The Hall–Kier alpha value is -2.54. The third-order valence-corrected chi connectivity index (χ3v) is 5.94. The van der Waals surface area contributed by atoms with Crippen molar-refractivity contribution in [1.29, 1.82) is 0 Å². The number of fused-ring (bicyclic) bond motifs is 2. The minimum Gasteiger partial charge on any atom is -0.417 e. The summed E-state index contributed by atoms with van der Waals surface area (Å²) in [4.78, 5) is 11.4. The van der Waals surface area contributed by atoms with Crippen LogP contribution in [-0.4, -0.2) is 19.7 Å². The maximum absolute atomic E-state index is 5.81. The monoisotopic (exact) mass is 390 g/mol. The summed E-state index contributed by atoms with van der Waals surface area (Å²) in [5.41, 5.74) is 4.38. The first kappa shape index (κ1) is 15.7. The first-order valence-electron chi connectivity index (χ1n) is 7.93. The molecule has 0 spiro atoms. The molecule has 1 aliphatic rings. The van der Waals surface area contributed by atoms with Crippen LogP contribution in [0.25, 0.3) is 28.1 Å². The number of benzene rings is 2. The minimum absolute atomic E-state index is 0.535. The van der Waals surface area contributed by atoms with Gasteiger partial charge in [-0.15, -0.1) is 0 Å². The average molecular weight is 391 g/mol. The molecule has 0 saturated carbocycles. The fourth-order valence-electron chi connectivity index (χ4n) is 2.95. The molecule has 3 nitrogen and oxygen atoms in total. The summed E-state index contributed by atoms with van der Waals surface area (Å²) < 4.78 is 5.81. The number of nitrogens with zero attached hydrogens (tertiary/aromatic N) is 2. The highest BCUT2D eigenvalue weighted by Gasteiger charge is 2.26. The average Bonchev–Trinajstić information content (AvgIpc) is 3.30. The largest absolute Gasteiger partial charge is 0.417 e. The van der Waals surface area contributed by atoms with E-state index >= 15 is 0 Å². The third kappa shape index (κ3) is 2.46. The number of hydrogen-bond donors (Lipinski definition) is 0. The van der Waals surface area contributed by atoms with Gasteiger partial charge in [-0.2, -0.15) is 9.97 Å². The molecule has 2 aromatic carbocycles. The van der Waals surface area contributed by atoms with Crippen LogP contribution in [0.2, 0.25) is 0 Å². The second kappa shape index (κ2) is 6.02. The second-order valence-corrected chi connectivity index (χ2v) is 7.63. The van der Waals surface area contributed by atoms with E-state index in [-0.39, 0.29) is 0 Å². The maximum Gasteiger partial charge on any atom is 0.259 e. The van der Waals surface area contributed by atoms with Crippen LogP contribution in [0.3, 0.4) is 0 Å². The topological polar surface area (TPSA) is 38.9 Å². The molecule has 1 aliphatic carbocycles. The Bertz CT molecular complexity index is 1150. The molecule has 0 unspecified atom stereocenters. The van der Waals surface area contributed by atoms with E-state index in [2.05, 4.69) is 9.97 Å². The molecule has 0 fully saturated rings.